The van der Waals surface area contributed by atoms with E-state index in [2.05, 4.69) is 4.74 Å². The molecule has 1 aromatic carbocycles. The molecule has 0 saturated carbocycles. The Morgan fingerprint density at radius 1 is 1.53 bits per heavy atom. The number of aromatic hydroxyl groups is 1. The van der Waals surface area contributed by atoms with Crippen LogP contribution in [0.2, 0.25) is 0 Å². The van der Waals surface area contributed by atoms with Crippen LogP contribution in [-0.4, -0.2) is 36.1 Å². The van der Waals surface area contributed by atoms with E-state index in [0.29, 0.717) is 0 Å². The highest BCUT2D eigenvalue weighted by molar-refractivity contribution is 5.76. The van der Waals surface area contributed by atoms with Gasteiger partial charge in [-0.3, -0.25) is 0 Å². The molecule has 0 aliphatic carbocycles. The average molecular weight is 272 g/mol. The Morgan fingerprint density at radius 2 is 2.16 bits per heavy atom. The van der Waals surface area contributed by atoms with Gasteiger partial charge in [-0.2, -0.15) is 0 Å². The van der Waals surface area contributed by atoms with Gasteiger partial charge >= 0.3 is 5.97 Å². The maximum Gasteiger partial charge on any atom is 0.344 e. The molecule has 2 unspecified atom stereocenters. The van der Waals surface area contributed by atoms with Crippen molar-refractivity contribution in [3.05, 3.63) is 23.8 Å². The standard InChI is InChI=1S/C13H17FO5/c1-4-19-12(16)11(14)13(2,17)8-5-6-9(15)10(7-8)18-3/h5-7,11,15,17H,4H2,1-3H3. The predicted octanol–water partition coefficient (Wildman–Crippen LogP) is 1.51. The lowest BCUT2D eigenvalue weighted by Crippen LogP contribution is -2.40. The molecule has 0 bridgehead atoms. The van der Waals surface area contributed by atoms with E-state index >= 15 is 0 Å². The summed E-state index contributed by atoms with van der Waals surface area (Å²) in [5, 5.41) is 19.6. The van der Waals surface area contributed by atoms with Gasteiger partial charge in [0, 0.05) is 0 Å². The molecule has 19 heavy (non-hydrogen) atoms. The maximum absolute atomic E-state index is 14.0. The normalized spacial score (nSPS) is 15.4. The Balaban J connectivity index is 3.08. The number of rotatable bonds is 5. The number of ether oxygens (including phenoxy) is 2. The van der Waals surface area contributed by atoms with E-state index < -0.39 is 17.7 Å². The molecule has 0 amide bonds. The van der Waals surface area contributed by atoms with E-state index in [0.717, 1.165) is 6.92 Å². The quantitative estimate of drug-likeness (QED) is 0.795. The van der Waals surface area contributed by atoms with Crippen LogP contribution in [-0.2, 0) is 15.1 Å². The number of phenols is 1. The van der Waals surface area contributed by atoms with Crippen LogP contribution in [0.15, 0.2) is 18.2 Å². The molecule has 0 aliphatic heterocycles. The lowest BCUT2D eigenvalue weighted by Gasteiger charge is -2.26. The summed E-state index contributed by atoms with van der Waals surface area (Å²) in [5.74, 6) is -1.21. The lowest BCUT2D eigenvalue weighted by molar-refractivity contribution is -0.160. The first-order valence-electron chi connectivity index (χ1n) is 5.75. The van der Waals surface area contributed by atoms with Gasteiger partial charge in [0.2, 0.25) is 6.17 Å². The number of benzene rings is 1. The minimum absolute atomic E-state index is 0.0221. The van der Waals surface area contributed by atoms with E-state index in [9.17, 15) is 19.4 Å². The van der Waals surface area contributed by atoms with Crippen LogP contribution in [0.5, 0.6) is 11.5 Å². The lowest BCUT2D eigenvalue weighted by atomic mass is 9.90. The number of alkyl halides is 1. The van der Waals surface area contributed by atoms with E-state index in [1.165, 1.54) is 25.3 Å². The van der Waals surface area contributed by atoms with Gasteiger partial charge in [0.1, 0.15) is 5.60 Å². The second-order valence-corrected chi connectivity index (χ2v) is 4.15. The number of methoxy groups -OCH3 is 1. The van der Waals surface area contributed by atoms with Crippen LogP contribution in [0.25, 0.3) is 0 Å². The highest BCUT2D eigenvalue weighted by Crippen LogP contribution is 2.34. The van der Waals surface area contributed by atoms with E-state index in [1.54, 1.807) is 6.92 Å². The number of hydrogen-bond acceptors (Lipinski definition) is 5. The van der Waals surface area contributed by atoms with Crippen molar-refractivity contribution in [3.63, 3.8) is 0 Å². The SMILES string of the molecule is CCOC(=O)C(F)C(C)(O)c1ccc(O)c(OC)c1. The van der Waals surface area contributed by atoms with Crippen LogP contribution >= 0.6 is 0 Å². The predicted molar refractivity (Wildman–Crippen MR) is 65.8 cm³/mol. The Labute approximate surface area is 110 Å². The summed E-state index contributed by atoms with van der Waals surface area (Å²) in [6.07, 6.45) is -2.23. The van der Waals surface area contributed by atoms with Gasteiger partial charge in [-0.25, -0.2) is 9.18 Å². The third-order valence-corrected chi connectivity index (χ3v) is 2.75. The second-order valence-electron chi connectivity index (χ2n) is 4.15. The van der Waals surface area contributed by atoms with Gasteiger partial charge in [-0.1, -0.05) is 6.07 Å². The second kappa shape index (κ2) is 5.88. The number of esters is 1. The van der Waals surface area contributed by atoms with Gasteiger partial charge in [0.25, 0.3) is 0 Å². The third kappa shape index (κ3) is 3.14. The fourth-order valence-electron chi connectivity index (χ4n) is 1.58. The van der Waals surface area contributed by atoms with E-state index in [1.807, 2.05) is 0 Å². The smallest absolute Gasteiger partial charge is 0.344 e. The zero-order valence-electron chi connectivity index (χ0n) is 11.0. The molecule has 0 aromatic heterocycles. The van der Waals surface area contributed by atoms with Gasteiger partial charge in [0.05, 0.1) is 13.7 Å². The van der Waals surface area contributed by atoms with Crippen LogP contribution in [0.4, 0.5) is 4.39 Å². The number of halogens is 1. The molecular weight excluding hydrogens is 255 g/mol. The number of aliphatic hydroxyl groups is 1. The third-order valence-electron chi connectivity index (χ3n) is 2.75. The minimum Gasteiger partial charge on any atom is -0.504 e. The van der Waals surface area contributed by atoms with Crippen LogP contribution in [0.1, 0.15) is 19.4 Å². The molecule has 0 fully saturated rings. The van der Waals surface area contributed by atoms with Crippen molar-refractivity contribution < 1.29 is 28.9 Å². The van der Waals surface area contributed by atoms with Crippen molar-refractivity contribution in [1.29, 1.82) is 0 Å². The molecule has 1 aromatic rings. The number of phenolic OH excluding ortho intramolecular Hbond substituents is 1. The average Bonchev–Trinajstić information content (AvgIpc) is 2.38. The molecule has 0 heterocycles. The van der Waals surface area contributed by atoms with Crippen molar-refractivity contribution in [3.8, 4) is 11.5 Å². The molecule has 2 atom stereocenters. The zero-order chi connectivity index (χ0) is 14.6. The molecule has 106 valence electrons. The molecule has 0 saturated heterocycles. The minimum atomic E-state index is -2.23. The number of carbonyl (C=O) groups is 1. The molecule has 0 spiro atoms. The molecule has 6 heteroatoms. The van der Waals surface area contributed by atoms with Gasteiger partial charge in [0.15, 0.2) is 11.5 Å². The highest BCUT2D eigenvalue weighted by Gasteiger charge is 2.41. The first-order valence-corrected chi connectivity index (χ1v) is 5.75. The summed E-state index contributed by atoms with van der Waals surface area (Å²) < 4.78 is 23.4. The molecule has 5 nitrogen and oxygen atoms in total. The van der Waals surface area contributed by atoms with Crippen LogP contribution in [0.3, 0.4) is 0 Å². The van der Waals surface area contributed by atoms with Crippen molar-refractivity contribution in [2.45, 2.75) is 25.6 Å². The molecule has 0 aliphatic rings. The van der Waals surface area contributed by atoms with E-state index in [-0.39, 0.29) is 23.7 Å². The van der Waals surface area contributed by atoms with Gasteiger partial charge < -0.3 is 19.7 Å². The van der Waals surface area contributed by atoms with Crippen molar-refractivity contribution in [2.75, 3.05) is 13.7 Å². The Hall–Kier alpha value is -1.82. The summed E-state index contributed by atoms with van der Waals surface area (Å²) in [7, 11) is 1.33. The van der Waals surface area contributed by atoms with Gasteiger partial charge in [-0.15, -0.1) is 0 Å². The van der Waals surface area contributed by atoms with Crippen molar-refractivity contribution >= 4 is 5.97 Å². The van der Waals surface area contributed by atoms with Crippen molar-refractivity contribution in [2.24, 2.45) is 0 Å². The Kier molecular flexibility index (Phi) is 4.72. The molecule has 2 N–H and O–H groups in total. The Morgan fingerprint density at radius 3 is 2.68 bits per heavy atom. The van der Waals surface area contributed by atoms with Crippen LogP contribution < -0.4 is 4.74 Å². The maximum atomic E-state index is 14.0. The molecular formula is C13H17FO5. The molecule has 0 radical (unpaired) electrons. The summed E-state index contributed by atoms with van der Waals surface area (Å²) in [6.45, 7) is 2.72. The largest absolute Gasteiger partial charge is 0.504 e. The zero-order valence-corrected chi connectivity index (χ0v) is 11.0. The fourth-order valence-corrected chi connectivity index (χ4v) is 1.58. The highest BCUT2D eigenvalue weighted by atomic mass is 19.1. The summed E-state index contributed by atoms with van der Waals surface area (Å²) in [4.78, 5) is 11.3. The summed E-state index contributed by atoms with van der Waals surface area (Å²) in [6, 6.07) is 3.82. The summed E-state index contributed by atoms with van der Waals surface area (Å²) >= 11 is 0. The van der Waals surface area contributed by atoms with Crippen molar-refractivity contribution in [1.82, 2.24) is 0 Å². The van der Waals surface area contributed by atoms with Gasteiger partial charge in [-0.05, 0) is 31.5 Å². The Bertz CT molecular complexity index is 458. The monoisotopic (exact) mass is 272 g/mol. The number of hydrogen-bond donors (Lipinski definition) is 2. The number of carbonyl (C=O) groups excluding carboxylic acids is 1. The van der Waals surface area contributed by atoms with Crippen LogP contribution in [0, 0.1) is 0 Å². The summed E-state index contributed by atoms with van der Waals surface area (Å²) in [5.41, 5.74) is -1.98. The molecule has 1 rings (SSSR count). The first-order chi connectivity index (χ1) is 8.84. The first kappa shape index (κ1) is 15.2. The topological polar surface area (TPSA) is 76.0 Å². The van der Waals surface area contributed by atoms with E-state index in [4.69, 9.17) is 4.74 Å². The fraction of sp³-hybridized carbons (Fsp3) is 0.462.